The van der Waals surface area contributed by atoms with Crippen LogP contribution in [0.25, 0.3) is 10.9 Å². The first-order chi connectivity index (χ1) is 15.9. The number of carboxylic acid groups (broad SMARTS) is 2. The zero-order valence-corrected chi connectivity index (χ0v) is 18.2. The monoisotopic (exact) mass is 451 g/mol. The first kappa shape index (κ1) is 21.3. The van der Waals surface area contributed by atoms with Gasteiger partial charge in [0.1, 0.15) is 18.3 Å². The highest BCUT2D eigenvalue weighted by Crippen LogP contribution is 2.40. The molecule has 0 spiro atoms. The van der Waals surface area contributed by atoms with Crippen LogP contribution >= 0.6 is 0 Å². The van der Waals surface area contributed by atoms with Crippen molar-refractivity contribution in [2.45, 2.75) is 31.5 Å². The Morgan fingerprint density at radius 3 is 2.70 bits per heavy atom. The number of benzene rings is 1. The molecule has 2 aliphatic heterocycles. The van der Waals surface area contributed by atoms with E-state index < -0.39 is 18.0 Å². The van der Waals surface area contributed by atoms with Gasteiger partial charge in [-0.15, -0.1) is 0 Å². The number of pyridine rings is 1. The van der Waals surface area contributed by atoms with E-state index in [9.17, 15) is 24.6 Å². The maximum atomic E-state index is 12.6. The first-order valence-corrected chi connectivity index (χ1v) is 10.9. The molecule has 2 bridgehead atoms. The Kier molecular flexibility index (Phi) is 5.20. The average Bonchev–Trinajstić information content (AvgIpc) is 3.11. The number of aliphatic carboxylic acids is 2. The van der Waals surface area contributed by atoms with Crippen molar-refractivity contribution >= 4 is 22.8 Å². The SMILES string of the molecule is COc1ccc2c(c1)c(C(C(=O)O)N1C[C@H]3C[C@H](C1)c1cccc(=O)n1C3)cn2CC(=O)O. The van der Waals surface area contributed by atoms with Crippen molar-refractivity contribution in [3.05, 3.63) is 64.2 Å². The fourth-order valence-corrected chi connectivity index (χ4v) is 5.56. The van der Waals surface area contributed by atoms with Crippen LogP contribution in [0.2, 0.25) is 0 Å². The highest BCUT2D eigenvalue weighted by Gasteiger charge is 2.40. The number of nitrogens with zero attached hydrogens (tertiary/aromatic N) is 3. The predicted octanol–water partition coefficient (Wildman–Crippen LogP) is 2.14. The van der Waals surface area contributed by atoms with Gasteiger partial charge in [0.15, 0.2) is 0 Å². The summed E-state index contributed by atoms with van der Waals surface area (Å²) in [6.07, 6.45) is 2.56. The van der Waals surface area contributed by atoms with Crippen LogP contribution in [-0.4, -0.2) is 56.4 Å². The summed E-state index contributed by atoms with van der Waals surface area (Å²) in [5.41, 5.74) is 2.12. The molecule has 5 rings (SSSR count). The van der Waals surface area contributed by atoms with Gasteiger partial charge in [0.25, 0.3) is 5.56 Å². The Morgan fingerprint density at radius 2 is 1.97 bits per heavy atom. The summed E-state index contributed by atoms with van der Waals surface area (Å²) >= 11 is 0. The zero-order valence-electron chi connectivity index (χ0n) is 18.2. The second-order valence-corrected chi connectivity index (χ2v) is 8.88. The van der Waals surface area contributed by atoms with Crippen LogP contribution in [0.4, 0.5) is 0 Å². The molecule has 3 atom stereocenters. The number of methoxy groups -OCH3 is 1. The number of likely N-dealkylation sites (tertiary alicyclic amines) is 1. The fourth-order valence-electron chi connectivity index (χ4n) is 5.56. The lowest BCUT2D eigenvalue weighted by Crippen LogP contribution is -2.49. The van der Waals surface area contributed by atoms with Crippen LogP contribution in [0.3, 0.4) is 0 Å². The molecule has 9 nitrogen and oxygen atoms in total. The number of hydrogen-bond donors (Lipinski definition) is 2. The van der Waals surface area contributed by atoms with Gasteiger partial charge in [-0.1, -0.05) is 6.07 Å². The van der Waals surface area contributed by atoms with Gasteiger partial charge in [0.05, 0.1) is 7.11 Å². The zero-order chi connectivity index (χ0) is 23.3. The molecule has 1 unspecified atom stereocenters. The standard InChI is InChI=1S/C24H25N3O6/c1-33-16-5-6-20-17(8-16)18(12-25(20)13-22(29)30)23(24(31)32)26-9-14-7-15(11-26)19-3-2-4-21(28)27(19)10-14/h2-6,8,12,14-15,23H,7,9-11,13H2,1H3,(H,29,30)(H,31,32)/t14-,15-,23?/m1/s1. The number of rotatable bonds is 6. The number of piperidine rings is 1. The van der Waals surface area contributed by atoms with Gasteiger partial charge in [-0.25, -0.2) is 0 Å². The third kappa shape index (κ3) is 3.68. The van der Waals surface area contributed by atoms with Crippen molar-refractivity contribution in [2.24, 2.45) is 5.92 Å². The molecule has 0 saturated carbocycles. The minimum Gasteiger partial charge on any atom is -0.497 e. The van der Waals surface area contributed by atoms with Gasteiger partial charge in [-0.3, -0.25) is 19.3 Å². The van der Waals surface area contributed by atoms with E-state index in [0.717, 1.165) is 12.1 Å². The fraction of sp³-hybridized carbons (Fsp3) is 0.375. The normalized spacial score (nSPS) is 20.9. The van der Waals surface area contributed by atoms with Gasteiger partial charge in [-0.05, 0) is 36.6 Å². The number of hydrogen-bond acceptors (Lipinski definition) is 5. The lowest BCUT2D eigenvalue weighted by atomic mass is 9.82. The van der Waals surface area contributed by atoms with Gasteiger partial charge in [-0.2, -0.15) is 0 Å². The Balaban J connectivity index is 1.58. The molecule has 3 aromatic rings. The van der Waals surface area contributed by atoms with Crippen LogP contribution in [0.5, 0.6) is 5.75 Å². The quantitative estimate of drug-likeness (QED) is 0.590. The Hall–Kier alpha value is -3.59. The van der Waals surface area contributed by atoms with Crippen LogP contribution in [0, 0.1) is 5.92 Å². The average molecular weight is 451 g/mol. The Labute approximate surface area is 189 Å². The summed E-state index contributed by atoms with van der Waals surface area (Å²) in [6.45, 7) is 1.36. The highest BCUT2D eigenvalue weighted by molar-refractivity contribution is 5.91. The number of aromatic nitrogens is 2. The Bertz CT molecular complexity index is 1310. The predicted molar refractivity (Wildman–Crippen MR) is 120 cm³/mol. The number of carboxylic acids is 2. The smallest absolute Gasteiger partial charge is 0.325 e. The summed E-state index contributed by atoms with van der Waals surface area (Å²) in [7, 11) is 1.54. The van der Waals surface area contributed by atoms with E-state index in [4.69, 9.17) is 4.74 Å². The van der Waals surface area contributed by atoms with E-state index in [0.29, 0.717) is 41.9 Å². The molecule has 0 aliphatic carbocycles. The van der Waals surface area contributed by atoms with Crippen LogP contribution in [0.1, 0.15) is 29.6 Å². The van der Waals surface area contributed by atoms with Crippen LogP contribution < -0.4 is 10.3 Å². The van der Waals surface area contributed by atoms with Crippen molar-refractivity contribution in [3.8, 4) is 5.75 Å². The minimum atomic E-state index is -1.00. The number of fused-ring (bicyclic) bond motifs is 5. The molecule has 1 fully saturated rings. The first-order valence-electron chi connectivity index (χ1n) is 10.9. The molecule has 2 aliphatic rings. The van der Waals surface area contributed by atoms with E-state index in [1.165, 1.54) is 7.11 Å². The molecule has 1 saturated heterocycles. The molecule has 4 heterocycles. The minimum absolute atomic E-state index is 0.0192. The molecule has 33 heavy (non-hydrogen) atoms. The van der Waals surface area contributed by atoms with Crippen LogP contribution in [0.15, 0.2) is 47.4 Å². The van der Waals surface area contributed by atoms with Crippen molar-refractivity contribution in [1.29, 1.82) is 0 Å². The lowest BCUT2D eigenvalue weighted by Gasteiger charge is -2.44. The second kappa shape index (κ2) is 8.08. The molecule has 0 radical (unpaired) electrons. The summed E-state index contributed by atoms with van der Waals surface area (Å²) < 4.78 is 8.73. The molecular formula is C24H25N3O6. The van der Waals surface area contributed by atoms with Crippen molar-refractivity contribution < 1.29 is 24.5 Å². The van der Waals surface area contributed by atoms with Gasteiger partial charge in [0.2, 0.25) is 0 Å². The molecule has 2 aromatic heterocycles. The lowest BCUT2D eigenvalue weighted by molar-refractivity contribution is -0.144. The van der Waals surface area contributed by atoms with E-state index in [-0.39, 0.29) is 23.9 Å². The van der Waals surface area contributed by atoms with E-state index in [1.807, 2.05) is 15.5 Å². The van der Waals surface area contributed by atoms with Gasteiger partial charge >= 0.3 is 11.9 Å². The summed E-state index contributed by atoms with van der Waals surface area (Å²) in [4.78, 5) is 38.3. The summed E-state index contributed by atoms with van der Waals surface area (Å²) in [6, 6.07) is 9.58. The highest BCUT2D eigenvalue weighted by atomic mass is 16.5. The van der Waals surface area contributed by atoms with Gasteiger partial charge < -0.3 is 24.1 Å². The summed E-state index contributed by atoms with van der Waals surface area (Å²) in [5.74, 6) is -1.19. The van der Waals surface area contributed by atoms with E-state index >= 15 is 0 Å². The number of ether oxygens (including phenoxy) is 1. The van der Waals surface area contributed by atoms with Crippen molar-refractivity contribution in [3.63, 3.8) is 0 Å². The van der Waals surface area contributed by atoms with Crippen molar-refractivity contribution in [1.82, 2.24) is 14.0 Å². The topological polar surface area (TPSA) is 114 Å². The third-order valence-corrected chi connectivity index (χ3v) is 6.83. The summed E-state index contributed by atoms with van der Waals surface area (Å²) in [5, 5.41) is 20.3. The maximum Gasteiger partial charge on any atom is 0.325 e. The molecular weight excluding hydrogens is 426 g/mol. The van der Waals surface area contributed by atoms with Crippen LogP contribution in [-0.2, 0) is 22.7 Å². The van der Waals surface area contributed by atoms with Gasteiger partial charge in [0, 0.05) is 60.0 Å². The maximum absolute atomic E-state index is 12.6. The Morgan fingerprint density at radius 1 is 1.15 bits per heavy atom. The third-order valence-electron chi connectivity index (χ3n) is 6.83. The van der Waals surface area contributed by atoms with Crippen molar-refractivity contribution in [2.75, 3.05) is 20.2 Å². The van der Waals surface area contributed by atoms with E-state index in [2.05, 4.69) is 0 Å². The number of carbonyl (C=O) groups is 2. The van der Waals surface area contributed by atoms with E-state index in [1.54, 1.807) is 41.1 Å². The molecule has 0 amide bonds. The molecule has 2 N–H and O–H groups in total. The molecule has 1 aromatic carbocycles. The molecule has 172 valence electrons. The second-order valence-electron chi connectivity index (χ2n) is 8.88. The molecule has 9 heteroatoms. The largest absolute Gasteiger partial charge is 0.497 e.